The molecule has 9 heteroatoms. The van der Waals surface area contributed by atoms with Crippen LogP contribution in [0.4, 0.5) is 0 Å². The second-order valence-electron chi connectivity index (χ2n) is 8.86. The van der Waals surface area contributed by atoms with Gasteiger partial charge in [0.2, 0.25) is 15.9 Å². The molecule has 1 aliphatic rings. The molecule has 7 nitrogen and oxygen atoms in total. The van der Waals surface area contributed by atoms with Crippen LogP contribution in [0.15, 0.2) is 71.6 Å². The monoisotopic (exact) mass is 528 g/mol. The molecule has 1 atom stereocenters. The summed E-state index contributed by atoms with van der Waals surface area (Å²) in [4.78, 5) is 17.8. The fourth-order valence-electron chi connectivity index (χ4n) is 4.21. The molecular formula is C27H32N2O5S2. The average Bonchev–Trinajstić information content (AvgIpc) is 3.55. The number of rotatable bonds is 11. The summed E-state index contributed by atoms with van der Waals surface area (Å²) >= 11 is 1.64. The van der Waals surface area contributed by atoms with E-state index in [2.05, 4.69) is 0 Å². The van der Waals surface area contributed by atoms with Crippen molar-refractivity contribution >= 4 is 27.3 Å². The van der Waals surface area contributed by atoms with Crippen LogP contribution in [0, 0.1) is 6.92 Å². The number of sulfonamides is 1. The molecular weight excluding hydrogens is 496 g/mol. The lowest BCUT2D eigenvalue weighted by atomic mass is 10.2. The Hall–Kier alpha value is -2.72. The summed E-state index contributed by atoms with van der Waals surface area (Å²) in [5, 5.41) is 0. The minimum absolute atomic E-state index is 0.123. The Bertz CT molecular complexity index is 1240. The third-order valence-corrected chi connectivity index (χ3v) is 8.96. The maximum atomic E-state index is 13.7. The van der Waals surface area contributed by atoms with E-state index < -0.39 is 10.0 Å². The predicted octanol–water partition coefficient (Wildman–Crippen LogP) is 4.46. The lowest BCUT2D eigenvalue weighted by Crippen LogP contribution is -2.45. The van der Waals surface area contributed by atoms with E-state index in [1.807, 2.05) is 49.4 Å². The number of hydrogen-bond donors (Lipinski definition) is 0. The van der Waals surface area contributed by atoms with Crippen molar-refractivity contribution in [1.29, 1.82) is 0 Å². The van der Waals surface area contributed by atoms with Gasteiger partial charge in [0, 0.05) is 29.5 Å². The highest BCUT2D eigenvalue weighted by molar-refractivity contribution is 7.89. The van der Waals surface area contributed by atoms with Crippen LogP contribution in [0.3, 0.4) is 0 Å². The molecule has 1 unspecified atom stereocenters. The molecule has 36 heavy (non-hydrogen) atoms. The number of hydrogen-bond acceptors (Lipinski definition) is 6. The normalized spacial score (nSPS) is 15.8. The topological polar surface area (TPSA) is 76.2 Å². The van der Waals surface area contributed by atoms with Crippen molar-refractivity contribution in [2.24, 2.45) is 0 Å². The van der Waals surface area contributed by atoms with Gasteiger partial charge in [-0.3, -0.25) is 4.79 Å². The van der Waals surface area contributed by atoms with Gasteiger partial charge < -0.3 is 14.4 Å². The van der Waals surface area contributed by atoms with Gasteiger partial charge in [-0.1, -0.05) is 30.3 Å². The molecule has 0 N–H and O–H groups in total. The van der Waals surface area contributed by atoms with Crippen LogP contribution in [0.25, 0.3) is 0 Å². The van der Waals surface area contributed by atoms with Crippen LogP contribution in [-0.4, -0.2) is 56.4 Å². The van der Waals surface area contributed by atoms with Crippen LogP contribution >= 0.6 is 11.3 Å². The van der Waals surface area contributed by atoms with Crippen LogP contribution < -0.4 is 4.74 Å². The molecule has 0 aliphatic carbocycles. The Kier molecular flexibility index (Phi) is 8.79. The fraction of sp³-hybridized carbons (Fsp3) is 0.370. The highest BCUT2D eigenvalue weighted by Crippen LogP contribution is 2.24. The van der Waals surface area contributed by atoms with Crippen LogP contribution in [0.2, 0.25) is 0 Å². The molecule has 2 aromatic carbocycles. The molecule has 3 aromatic rings. The van der Waals surface area contributed by atoms with Gasteiger partial charge in [-0.05, 0) is 61.7 Å². The highest BCUT2D eigenvalue weighted by Gasteiger charge is 2.32. The summed E-state index contributed by atoms with van der Waals surface area (Å²) < 4.78 is 39.5. The van der Waals surface area contributed by atoms with E-state index in [4.69, 9.17) is 9.47 Å². The maximum Gasteiger partial charge on any atom is 0.243 e. The smallest absolute Gasteiger partial charge is 0.243 e. The van der Waals surface area contributed by atoms with Crippen LogP contribution in [0.1, 0.15) is 28.2 Å². The van der Waals surface area contributed by atoms with Crippen molar-refractivity contribution in [3.8, 4) is 5.75 Å². The van der Waals surface area contributed by atoms with Crippen molar-refractivity contribution in [1.82, 2.24) is 9.21 Å². The first-order valence-corrected chi connectivity index (χ1v) is 14.2. The second kappa shape index (κ2) is 12.0. The Morgan fingerprint density at radius 1 is 1.06 bits per heavy atom. The van der Waals surface area contributed by atoms with Gasteiger partial charge in [0.1, 0.15) is 5.75 Å². The zero-order chi connectivity index (χ0) is 25.5. The number of benzene rings is 2. The number of nitrogens with zero attached hydrogens (tertiary/aromatic N) is 2. The first-order valence-electron chi connectivity index (χ1n) is 12.0. The quantitative estimate of drug-likeness (QED) is 0.367. The van der Waals surface area contributed by atoms with Gasteiger partial charge in [-0.15, -0.1) is 11.3 Å². The Labute approximate surface area is 217 Å². The van der Waals surface area contributed by atoms with Crippen LogP contribution in [0.5, 0.6) is 5.75 Å². The molecule has 4 rings (SSSR count). The molecule has 0 bridgehead atoms. The second-order valence-corrected chi connectivity index (χ2v) is 12.2. The molecule has 1 amide bonds. The van der Waals surface area contributed by atoms with Crippen molar-refractivity contribution in [3.05, 3.63) is 82.0 Å². The molecule has 1 fully saturated rings. The zero-order valence-electron chi connectivity index (χ0n) is 20.6. The molecule has 1 saturated heterocycles. The average molecular weight is 529 g/mol. The van der Waals surface area contributed by atoms with E-state index in [1.54, 1.807) is 28.4 Å². The van der Waals surface area contributed by atoms with Crippen molar-refractivity contribution in [2.45, 2.75) is 43.9 Å². The van der Waals surface area contributed by atoms with Crippen molar-refractivity contribution in [3.63, 3.8) is 0 Å². The molecule has 1 aromatic heterocycles. The van der Waals surface area contributed by atoms with Gasteiger partial charge in [-0.2, -0.15) is 4.31 Å². The zero-order valence-corrected chi connectivity index (χ0v) is 22.3. The van der Waals surface area contributed by atoms with Gasteiger partial charge >= 0.3 is 0 Å². The van der Waals surface area contributed by atoms with Gasteiger partial charge in [0.15, 0.2) is 0 Å². The van der Waals surface area contributed by atoms with Gasteiger partial charge in [-0.25, -0.2) is 8.42 Å². The Balaban J connectivity index is 1.59. The van der Waals surface area contributed by atoms with Crippen LogP contribution in [-0.2, 0) is 32.6 Å². The maximum absolute atomic E-state index is 13.7. The largest absolute Gasteiger partial charge is 0.497 e. The van der Waals surface area contributed by atoms with Crippen molar-refractivity contribution < 1.29 is 22.7 Å². The lowest BCUT2D eigenvalue weighted by molar-refractivity contribution is -0.132. The van der Waals surface area contributed by atoms with E-state index >= 15 is 0 Å². The van der Waals surface area contributed by atoms with E-state index in [1.165, 1.54) is 28.4 Å². The number of aryl methyl sites for hydroxylation is 1. The predicted molar refractivity (Wildman–Crippen MR) is 140 cm³/mol. The number of ether oxygens (including phenoxy) is 2. The Morgan fingerprint density at radius 2 is 1.81 bits per heavy atom. The first-order chi connectivity index (χ1) is 17.3. The molecule has 0 saturated carbocycles. The van der Waals surface area contributed by atoms with Gasteiger partial charge in [0.25, 0.3) is 0 Å². The number of amides is 1. The summed E-state index contributed by atoms with van der Waals surface area (Å²) in [7, 11) is -2.40. The minimum atomic E-state index is -3.93. The van der Waals surface area contributed by atoms with E-state index in [-0.39, 0.29) is 30.0 Å². The first kappa shape index (κ1) is 26.3. The number of carbonyl (C=O) groups excluding carboxylic acids is 1. The molecule has 0 radical (unpaired) electrons. The van der Waals surface area contributed by atoms with Crippen molar-refractivity contribution in [2.75, 3.05) is 26.8 Å². The summed E-state index contributed by atoms with van der Waals surface area (Å²) in [6.07, 6.45) is 1.42. The SMILES string of the molecule is COc1ccc(S(=O)(=O)N(CC(=O)N(Cc2ccccc2)Cc2ccc(C)s2)CC2CCCO2)cc1. The number of carbonyl (C=O) groups is 1. The third kappa shape index (κ3) is 6.73. The van der Waals surface area contributed by atoms with E-state index in [0.29, 0.717) is 25.4 Å². The summed E-state index contributed by atoms with van der Waals surface area (Å²) in [6, 6.07) is 20.0. The van der Waals surface area contributed by atoms with Gasteiger partial charge in [0.05, 0.1) is 31.2 Å². The number of thiophene rings is 1. The lowest BCUT2D eigenvalue weighted by Gasteiger charge is -2.28. The number of methoxy groups -OCH3 is 1. The molecule has 192 valence electrons. The molecule has 1 aliphatic heterocycles. The minimum Gasteiger partial charge on any atom is -0.497 e. The molecule has 2 heterocycles. The summed E-state index contributed by atoms with van der Waals surface area (Å²) in [5.74, 6) is 0.316. The van der Waals surface area contributed by atoms with E-state index in [9.17, 15) is 13.2 Å². The summed E-state index contributed by atoms with van der Waals surface area (Å²) in [6.45, 7) is 3.33. The summed E-state index contributed by atoms with van der Waals surface area (Å²) in [5.41, 5.74) is 0.989. The Morgan fingerprint density at radius 3 is 2.42 bits per heavy atom. The molecule has 0 spiro atoms. The highest BCUT2D eigenvalue weighted by atomic mass is 32.2. The standard InChI is InChI=1S/C27H32N2O5S2/c1-21-10-13-25(35-21)19-28(17-22-7-4-3-5-8-22)27(30)20-29(18-24-9-6-16-34-24)36(31,32)26-14-11-23(33-2)12-15-26/h3-5,7-8,10-15,24H,6,9,16-20H2,1-2H3. The van der Waals surface area contributed by atoms with E-state index in [0.717, 1.165) is 23.3 Å². The fourth-order valence-corrected chi connectivity index (χ4v) is 6.53. The third-order valence-electron chi connectivity index (χ3n) is 6.15.